The van der Waals surface area contributed by atoms with Crippen molar-refractivity contribution < 1.29 is 14.6 Å². The fourth-order valence-corrected chi connectivity index (χ4v) is 4.18. The summed E-state index contributed by atoms with van der Waals surface area (Å²) in [6.07, 6.45) is 7.60. The second-order valence-electron chi connectivity index (χ2n) is 8.05. The van der Waals surface area contributed by atoms with Gasteiger partial charge >= 0.3 is 5.97 Å². The number of carbonyl (C=O) groups excluding carboxylic acids is 1. The Kier molecular flexibility index (Phi) is 7.95. The number of hydrogen-bond acceptors (Lipinski definition) is 3. The molecule has 0 saturated heterocycles. The van der Waals surface area contributed by atoms with Crippen LogP contribution >= 0.6 is 0 Å². The van der Waals surface area contributed by atoms with Crippen molar-refractivity contribution in [3.05, 3.63) is 35.9 Å². The number of aliphatic hydroxyl groups excluding tert-OH is 1. The van der Waals surface area contributed by atoms with E-state index in [0.717, 1.165) is 18.3 Å². The fourth-order valence-electron chi connectivity index (χ4n) is 4.18. The average Bonchev–Trinajstić information content (AvgIpc) is 2.64. The molecule has 0 aliphatic heterocycles. The van der Waals surface area contributed by atoms with Crippen molar-refractivity contribution in [2.45, 2.75) is 65.4 Å². The predicted octanol–water partition coefficient (Wildman–Crippen LogP) is 5.08. The van der Waals surface area contributed by atoms with Crippen molar-refractivity contribution in [2.75, 3.05) is 6.61 Å². The zero-order valence-corrected chi connectivity index (χ0v) is 16.0. The SMILES string of the molecule is CC(C)CO.CC1CCCC2C1CCC[C@@H]2OC(=O)c1ccccc1. The van der Waals surface area contributed by atoms with Gasteiger partial charge in [0.1, 0.15) is 6.10 Å². The molecule has 0 aromatic heterocycles. The summed E-state index contributed by atoms with van der Waals surface area (Å²) in [5, 5.41) is 8.14. The van der Waals surface area contributed by atoms with Crippen molar-refractivity contribution in [1.82, 2.24) is 0 Å². The fraction of sp³-hybridized carbons (Fsp3) is 0.682. The number of carbonyl (C=O) groups is 1. The van der Waals surface area contributed by atoms with Crippen LogP contribution in [0.2, 0.25) is 0 Å². The molecular formula is C22H34O3. The van der Waals surface area contributed by atoms with Gasteiger partial charge in [0.05, 0.1) is 5.56 Å². The summed E-state index contributed by atoms with van der Waals surface area (Å²) in [6.45, 7) is 6.62. The quantitative estimate of drug-likeness (QED) is 0.776. The minimum Gasteiger partial charge on any atom is -0.458 e. The first-order chi connectivity index (χ1) is 12.0. The van der Waals surface area contributed by atoms with Gasteiger partial charge in [-0.2, -0.15) is 0 Å². The van der Waals surface area contributed by atoms with Crippen LogP contribution in [-0.2, 0) is 4.74 Å². The van der Waals surface area contributed by atoms with Crippen LogP contribution in [0, 0.1) is 23.7 Å². The molecule has 2 aliphatic rings. The summed E-state index contributed by atoms with van der Waals surface area (Å²) < 4.78 is 5.86. The molecular weight excluding hydrogens is 312 g/mol. The molecule has 1 aromatic rings. The van der Waals surface area contributed by atoms with Gasteiger partial charge in [0.2, 0.25) is 0 Å². The number of fused-ring (bicyclic) bond motifs is 1. The molecule has 3 rings (SSSR count). The third-order valence-corrected chi connectivity index (χ3v) is 5.61. The van der Waals surface area contributed by atoms with E-state index >= 15 is 0 Å². The Morgan fingerprint density at radius 1 is 1.08 bits per heavy atom. The van der Waals surface area contributed by atoms with Crippen LogP contribution in [0.5, 0.6) is 0 Å². The van der Waals surface area contributed by atoms with E-state index < -0.39 is 0 Å². The van der Waals surface area contributed by atoms with E-state index in [0.29, 0.717) is 24.0 Å². The normalized spacial score (nSPS) is 28.5. The van der Waals surface area contributed by atoms with E-state index in [1.54, 1.807) is 0 Å². The third kappa shape index (κ3) is 5.85. The summed E-state index contributed by atoms with van der Waals surface area (Å²) >= 11 is 0. The van der Waals surface area contributed by atoms with Crippen LogP contribution in [0.4, 0.5) is 0 Å². The maximum absolute atomic E-state index is 12.2. The molecule has 25 heavy (non-hydrogen) atoms. The largest absolute Gasteiger partial charge is 0.458 e. The van der Waals surface area contributed by atoms with E-state index in [1.165, 1.54) is 32.1 Å². The molecule has 2 fully saturated rings. The molecule has 3 nitrogen and oxygen atoms in total. The highest BCUT2D eigenvalue weighted by Gasteiger charge is 2.40. The lowest BCUT2D eigenvalue weighted by Gasteiger charge is -2.44. The lowest BCUT2D eigenvalue weighted by molar-refractivity contribution is -0.0371. The molecule has 3 unspecified atom stereocenters. The van der Waals surface area contributed by atoms with E-state index in [2.05, 4.69) is 6.92 Å². The maximum Gasteiger partial charge on any atom is 0.338 e. The molecule has 2 aliphatic carbocycles. The minimum atomic E-state index is -0.144. The molecule has 0 bridgehead atoms. The summed E-state index contributed by atoms with van der Waals surface area (Å²) in [5.74, 6) is 2.46. The zero-order chi connectivity index (χ0) is 18.2. The van der Waals surface area contributed by atoms with Gasteiger partial charge in [0.15, 0.2) is 0 Å². The first-order valence-corrected chi connectivity index (χ1v) is 9.89. The van der Waals surface area contributed by atoms with E-state index in [4.69, 9.17) is 9.84 Å². The van der Waals surface area contributed by atoms with Gasteiger partial charge in [0, 0.05) is 6.61 Å². The Bertz CT molecular complexity index is 511. The first kappa shape index (κ1) is 20.0. The maximum atomic E-state index is 12.2. The molecule has 0 radical (unpaired) electrons. The summed E-state index contributed by atoms with van der Waals surface area (Å²) in [7, 11) is 0. The van der Waals surface area contributed by atoms with Gasteiger partial charge in [0.25, 0.3) is 0 Å². The molecule has 0 spiro atoms. The molecule has 4 atom stereocenters. The number of ether oxygens (including phenoxy) is 1. The van der Waals surface area contributed by atoms with E-state index in [9.17, 15) is 4.79 Å². The highest BCUT2D eigenvalue weighted by molar-refractivity contribution is 5.89. The summed E-state index contributed by atoms with van der Waals surface area (Å²) in [5.41, 5.74) is 0.679. The second kappa shape index (κ2) is 9.96. The Hall–Kier alpha value is -1.35. The topological polar surface area (TPSA) is 46.5 Å². The highest BCUT2D eigenvalue weighted by atomic mass is 16.5. The lowest BCUT2D eigenvalue weighted by Crippen LogP contribution is -2.40. The van der Waals surface area contributed by atoms with Crippen molar-refractivity contribution in [3.8, 4) is 0 Å². The minimum absolute atomic E-state index is 0.143. The Labute approximate surface area is 152 Å². The third-order valence-electron chi connectivity index (χ3n) is 5.61. The van der Waals surface area contributed by atoms with Crippen LogP contribution in [0.25, 0.3) is 0 Å². The Morgan fingerprint density at radius 3 is 2.32 bits per heavy atom. The Morgan fingerprint density at radius 2 is 1.68 bits per heavy atom. The predicted molar refractivity (Wildman–Crippen MR) is 101 cm³/mol. The van der Waals surface area contributed by atoms with Gasteiger partial charge in [-0.1, -0.05) is 51.8 Å². The van der Waals surface area contributed by atoms with Crippen LogP contribution in [0.1, 0.15) is 69.7 Å². The smallest absolute Gasteiger partial charge is 0.338 e. The summed E-state index contributed by atoms with van der Waals surface area (Å²) in [4.78, 5) is 12.2. The molecule has 140 valence electrons. The van der Waals surface area contributed by atoms with Crippen molar-refractivity contribution in [1.29, 1.82) is 0 Å². The van der Waals surface area contributed by atoms with Gasteiger partial charge in [-0.05, 0) is 61.5 Å². The standard InChI is InChI=1S/C18H24O2.C4H10O/c1-13-7-5-11-16-15(13)10-6-12-17(16)20-18(19)14-8-3-2-4-9-14;1-4(2)3-5/h2-4,8-9,13,15-17H,5-7,10-12H2,1H3;4-5H,3H2,1-2H3/t13?,15?,16?,17-;/m0./s1. The number of aliphatic hydroxyl groups is 1. The van der Waals surface area contributed by atoms with Crippen molar-refractivity contribution in [2.24, 2.45) is 23.7 Å². The van der Waals surface area contributed by atoms with Gasteiger partial charge in [-0.3, -0.25) is 0 Å². The number of rotatable bonds is 3. The Balaban J connectivity index is 0.000000399. The van der Waals surface area contributed by atoms with Crippen LogP contribution < -0.4 is 0 Å². The number of hydrogen-bond donors (Lipinski definition) is 1. The first-order valence-electron chi connectivity index (χ1n) is 9.89. The second-order valence-corrected chi connectivity index (χ2v) is 8.05. The molecule has 1 N–H and O–H groups in total. The lowest BCUT2D eigenvalue weighted by atomic mass is 9.65. The van der Waals surface area contributed by atoms with Crippen molar-refractivity contribution in [3.63, 3.8) is 0 Å². The number of esters is 1. The van der Waals surface area contributed by atoms with Gasteiger partial charge in [-0.25, -0.2) is 4.79 Å². The molecule has 3 heteroatoms. The number of benzene rings is 1. The van der Waals surface area contributed by atoms with Crippen LogP contribution in [0.15, 0.2) is 30.3 Å². The molecule has 2 saturated carbocycles. The molecule has 0 amide bonds. The van der Waals surface area contributed by atoms with Crippen LogP contribution in [-0.4, -0.2) is 23.8 Å². The van der Waals surface area contributed by atoms with Crippen LogP contribution in [0.3, 0.4) is 0 Å². The van der Waals surface area contributed by atoms with Gasteiger partial charge in [-0.15, -0.1) is 0 Å². The summed E-state index contributed by atoms with van der Waals surface area (Å²) in [6, 6.07) is 9.39. The monoisotopic (exact) mass is 346 g/mol. The highest BCUT2D eigenvalue weighted by Crippen LogP contribution is 2.44. The zero-order valence-electron chi connectivity index (χ0n) is 16.0. The van der Waals surface area contributed by atoms with Crippen molar-refractivity contribution >= 4 is 5.97 Å². The van der Waals surface area contributed by atoms with E-state index in [1.807, 2.05) is 44.2 Å². The molecule has 1 aromatic carbocycles. The average molecular weight is 347 g/mol. The van der Waals surface area contributed by atoms with E-state index in [-0.39, 0.29) is 12.1 Å². The molecule has 0 heterocycles. The van der Waals surface area contributed by atoms with Gasteiger partial charge < -0.3 is 9.84 Å².